The summed E-state index contributed by atoms with van der Waals surface area (Å²) < 4.78 is 0. The maximum absolute atomic E-state index is 12.2. The Morgan fingerprint density at radius 2 is 2.37 bits per heavy atom. The Morgan fingerprint density at radius 1 is 1.58 bits per heavy atom. The van der Waals surface area contributed by atoms with Crippen LogP contribution in [0.4, 0.5) is 5.69 Å². The van der Waals surface area contributed by atoms with E-state index in [-0.39, 0.29) is 17.1 Å². The van der Waals surface area contributed by atoms with E-state index in [2.05, 4.69) is 17.2 Å². The molecule has 19 heavy (non-hydrogen) atoms. The van der Waals surface area contributed by atoms with Gasteiger partial charge in [-0.1, -0.05) is 37.8 Å². The number of rotatable bonds is 3. The lowest BCUT2D eigenvalue weighted by atomic mass is 9.84. The maximum atomic E-state index is 12.2. The molecule has 0 spiro atoms. The molecule has 1 aromatic heterocycles. The van der Waals surface area contributed by atoms with E-state index in [4.69, 9.17) is 17.3 Å². The van der Waals surface area contributed by atoms with Crippen LogP contribution in [-0.4, -0.2) is 16.9 Å². The Hall–Kier alpha value is -1.29. The number of nitrogens with two attached hydrogens (primary N) is 1. The number of anilines is 1. The van der Waals surface area contributed by atoms with E-state index in [1.807, 2.05) is 0 Å². The first-order valence-corrected chi connectivity index (χ1v) is 7.19. The predicted octanol–water partition coefficient (Wildman–Crippen LogP) is 3.02. The maximum Gasteiger partial charge on any atom is 0.253 e. The van der Waals surface area contributed by atoms with Gasteiger partial charge in [0.25, 0.3) is 5.91 Å². The van der Waals surface area contributed by atoms with Crippen LogP contribution in [0.25, 0.3) is 0 Å². The molecule has 1 amide bonds. The molecule has 0 saturated heterocycles. The molecular weight excluding hydrogens is 262 g/mol. The Balaban J connectivity index is 2.02. The summed E-state index contributed by atoms with van der Waals surface area (Å²) in [6.45, 7) is 2.20. The first-order valence-electron chi connectivity index (χ1n) is 6.82. The Bertz CT molecular complexity index is 464. The monoisotopic (exact) mass is 281 g/mol. The number of nitrogen functional groups attached to an aromatic ring is 1. The van der Waals surface area contributed by atoms with Gasteiger partial charge in [0.05, 0.1) is 17.4 Å². The second-order valence-electron chi connectivity index (χ2n) is 5.21. The summed E-state index contributed by atoms with van der Waals surface area (Å²) in [7, 11) is 0. The van der Waals surface area contributed by atoms with E-state index < -0.39 is 0 Å². The van der Waals surface area contributed by atoms with Gasteiger partial charge in [-0.3, -0.25) is 4.79 Å². The fourth-order valence-electron chi connectivity index (χ4n) is 2.69. The topological polar surface area (TPSA) is 68.0 Å². The number of nitrogens with zero attached hydrogens (tertiary/aromatic N) is 1. The Kier molecular flexibility index (Phi) is 4.64. The quantitative estimate of drug-likeness (QED) is 0.837. The highest BCUT2D eigenvalue weighted by Gasteiger charge is 2.23. The standard InChI is InChI=1S/C14H20ClN3O/c1-2-9-4-3-5-10(6-9)18-14(19)11-7-13(15)17-8-12(11)16/h7-10H,2-6,16H2,1H3,(H,18,19). The van der Waals surface area contributed by atoms with Gasteiger partial charge < -0.3 is 11.1 Å². The van der Waals surface area contributed by atoms with Crippen molar-refractivity contribution >= 4 is 23.2 Å². The van der Waals surface area contributed by atoms with Crippen molar-refractivity contribution in [2.45, 2.75) is 45.1 Å². The number of hydrogen-bond acceptors (Lipinski definition) is 3. The molecule has 1 aliphatic carbocycles. The zero-order chi connectivity index (χ0) is 13.8. The lowest BCUT2D eigenvalue weighted by molar-refractivity contribution is 0.0920. The predicted molar refractivity (Wildman–Crippen MR) is 77.2 cm³/mol. The van der Waals surface area contributed by atoms with Crippen LogP contribution in [0.3, 0.4) is 0 Å². The first kappa shape index (κ1) is 14.1. The second kappa shape index (κ2) is 6.24. The molecule has 0 aliphatic heterocycles. The number of pyridine rings is 1. The molecule has 2 unspecified atom stereocenters. The van der Waals surface area contributed by atoms with Crippen molar-refractivity contribution in [3.8, 4) is 0 Å². The van der Waals surface area contributed by atoms with Crippen LogP contribution in [0.1, 0.15) is 49.4 Å². The average Bonchev–Trinajstić information content (AvgIpc) is 2.41. The fraction of sp³-hybridized carbons (Fsp3) is 0.571. The van der Waals surface area contributed by atoms with Crippen molar-refractivity contribution in [2.75, 3.05) is 5.73 Å². The van der Waals surface area contributed by atoms with E-state index in [0.29, 0.717) is 11.3 Å². The molecule has 2 rings (SSSR count). The van der Waals surface area contributed by atoms with Crippen molar-refractivity contribution in [1.82, 2.24) is 10.3 Å². The number of halogens is 1. The lowest BCUT2D eigenvalue weighted by Gasteiger charge is -2.29. The minimum Gasteiger partial charge on any atom is -0.397 e. The largest absolute Gasteiger partial charge is 0.397 e. The number of hydrogen-bond donors (Lipinski definition) is 2. The molecule has 2 atom stereocenters. The minimum atomic E-state index is -0.149. The van der Waals surface area contributed by atoms with Crippen molar-refractivity contribution < 1.29 is 4.79 Å². The van der Waals surface area contributed by atoms with Crippen molar-refractivity contribution in [1.29, 1.82) is 0 Å². The first-order chi connectivity index (χ1) is 9.10. The second-order valence-corrected chi connectivity index (χ2v) is 5.59. The lowest BCUT2D eigenvalue weighted by Crippen LogP contribution is -2.38. The van der Waals surface area contributed by atoms with E-state index in [9.17, 15) is 4.79 Å². The molecule has 1 fully saturated rings. The Labute approximate surface area is 118 Å². The van der Waals surface area contributed by atoms with Gasteiger partial charge in [-0.15, -0.1) is 0 Å². The molecule has 4 nitrogen and oxygen atoms in total. The zero-order valence-electron chi connectivity index (χ0n) is 11.2. The summed E-state index contributed by atoms with van der Waals surface area (Å²) in [5, 5.41) is 3.35. The third-order valence-electron chi connectivity index (χ3n) is 3.84. The number of nitrogens with one attached hydrogen (secondary N) is 1. The van der Waals surface area contributed by atoms with Gasteiger partial charge in [-0.05, 0) is 24.8 Å². The van der Waals surface area contributed by atoms with Gasteiger partial charge in [-0.25, -0.2) is 4.98 Å². The van der Waals surface area contributed by atoms with Crippen molar-refractivity contribution in [3.63, 3.8) is 0 Å². The molecule has 1 heterocycles. The highest BCUT2D eigenvalue weighted by atomic mass is 35.5. The van der Waals surface area contributed by atoms with E-state index in [1.165, 1.54) is 31.5 Å². The van der Waals surface area contributed by atoms with Crippen LogP contribution in [0.5, 0.6) is 0 Å². The van der Waals surface area contributed by atoms with Gasteiger partial charge in [-0.2, -0.15) is 0 Å². The summed E-state index contributed by atoms with van der Waals surface area (Å²) in [5.74, 6) is 0.570. The SMILES string of the molecule is CCC1CCCC(NC(=O)c2cc(Cl)ncc2N)C1. The van der Waals surface area contributed by atoms with Crippen molar-refractivity contribution in [3.05, 3.63) is 23.0 Å². The Morgan fingerprint density at radius 3 is 3.11 bits per heavy atom. The van der Waals surface area contributed by atoms with Crippen molar-refractivity contribution in [2.24, 2.45) is 5.92 Å². The van der Waals surface area contributed by atoms with Crippen LogP contribution in [0.15, 0.2) is 12.3 Å². The third-order valence-corrected chi connectivity index (χ3v) is 4.05. The highest BCUT2D eigenvalue weighted by Crippen LogP contribution is 2.27. The molecule has 1 aromatic rings. The van der Waals surface area contributed by atoms with Crippen LogP contribution in [-0.2, 0) is 0 Å². The van der Waals surface area contributed by atoms with Gasteiger partial charge >= 0.3 is 0 Å². The number of aromatic nitrogens is 1. The molecule has 0 bridgehead atoms. The number of amides is 1. The highest BCUT2D eigenvalue weighted by molar-refractivity contribution is 6.29. The fourth-order valence-corrected chi connectivity index (χ4v) is 2.85. The molecule has 5 heteroatoms. The summed E-state index contributed by atoms with van der Waals surface area (Å²) in [6.07, 6.45) is 7.15. The summed E-state index contributed by atoms with van der Waals surface area (Å²) in [4.78, 5) is 16.1. The third kappa shape index (κ3) is 3.60. The molecule has 3 N–H and O–H groups in total. The zero-order valence-corrected chi connectivity index (χ0v) is 11.9. The summed E-state index contributed by atoms with van der Waals surface area (Å²) >= 11 is 5.80. The normalized spacial score (nSPS) is 23.1. The van der Waals surface area contributed by atoms with E-state index >= 15 is 0 Å². The minimum absolute atomic E-state index is 0.149. The molecular formula is C14H20ClN3O. The van der Waals surface area contributed by atoms with E-state index in [0.717, 1.165) is 18.8 Å². The molecule has 104 valence electrons. The summed E-state index contributed by atoms with van der Waals surface area (Å²) in [5.41, 5.74) is 6.55. The van der Waals surface area contributed by atoms with Gasteiger partial charge in [0, 0.05) is 6.04 Å². The molecule has 0 radical (unpaired) electrons. The van der Waals surface area contributed by atoms with Crippen LogP contribution in [0, 0.1) is 5.92 Å². The van der Waals surface area contributed by atoms with Crippen LogP contribution < -0.4 is 11.1 Å². The number of carbonyl (C=O) groups excluding carboxylic acids is 1. The smallest absolute Gasteiger partial charge is 0.253 e. The molecule has 1 saturated carbocycles. The van der Waals surface area contributed by atoms with Crippen LogP contribution in [0.2, 0.25) is 5.15 Å². The molecule has 0 aromatic carbocycles. The van der Waals surface area contributed by atoms with Gasteiger partial charge in [0.2, 0.25) is 0 Å². The number of carbonyl (C=O) groups is 1. The van der Waals surface area contributed by atoms with Crippen LogP contribution >= 0.6 is 11.6 Å². The van der Waals surface area contributed by atoms with E-state index in [1.54, 1.807) is 0 Å². The van der Waals surface area contributed by atoms with Gasteiger partial charge in [0.15, 0.2) is 0 Å². The molecule has 1 aliphatic rings. The van der Waals surface area contributed by atoms with Gasteiger partial charge in [0.1, 0.15) is 5.15 Å². The summed E-state index contributed by atoms with van der Waals surface area (Å²) in [6, 6.07) is 1.77. The average molecular weight is 282 g/mol.